The number of nitrogens with one attached hydrogen (secondary N) is 6. The van der Waals surface area contributed by atoms with Crippen LogP contribution in [0.15, 0.2) is 97.5 Å². The predicted molar refractivity (Wildman–Crippen MR) is 213 cm³/mol. The molecule has 0 saturated carbocycles. The van der Waals surface area contributed by atoms with E-state index < -0.39 is 66.3 Å². The van der Waals surface area contributed by atoms with Crippen LogP contribution in [0.5, 0.6) is 0 Å². The normalized spacial score (nSPS) is 12.9. The molecule has 0 unspecified atom stereocenters. The molecule has 0 aliphatic heterocycles. The van der Waals surface area contributed by atoms with Gasteiger partial charge in [0.05, 0.1) is 25.5 Å². The number of benzene rings is 3. The lowest BCUT2D eigenvalue weighted by Gasteiger charge is -2.28. The van der Waals surface area contributed by atoms with Gasteiger partial charge in [-0.2, -0.15) is 0 Å². The highest BCUT2D eigenvalue weighted by Crippen LogP contribution is 2.20. The third-order valence-electron chi connectivity index (χ3n) is 8.92. The Hall–Kier alpha value is -6.59. The van der Waals surface area contributed by atoms with Crippen LogP contribution in [0.4, 0.5) is 4.79 Å². The van der Waals surface area contributed by atoms with Crippen molar-refractivity contribution < 1.29 is 28.8 Å². The number of carbonyl (C=O) groups excluding carboxylic acids is 6. The molecule has 0 saturated heterocycles. The molecule has 0 radical (unpaired) electrons. The minimum atomic E-state index is -1.20. The van der Waals surface area contributed by atoms with Gasteiger partial charge in [-0.05, 0) is 55.0 Å². The molecule has 4 aromatic rings. The Balaban J connectivity index is 1.49. The summed E-state index contributed by atoms with van der Waals surface area (Å²) in [6, 6.07) is 20.8. The lowest BCUT2D eigenvalue weighted by molar-refractivity contribution is -0.131. The first-order valence-corrected chi connectivity index (χ1v) is 18.6. The maximum Gasteiger partial charge on any atom is 0.337 e. The summed E-state index contributed by atoms with van der Waals surface area (Å²) in [4.78, 5) is 85.5. The second kappa shape index (κ2) is 22.1. The molecule has 12 N–H and O–H groups in total. The number of nitrogens with zero attached hydrogens (tertiary/aromatic N) is 2. The number of hydrogen-bond donors (Lipinski definition) is 9. The number of nitrogens with two attached hydrogens (primary N) is 3. The van der Waals surface area contributed by atoms with E-state index in [2.05, 4.69) is 36.7 Å². The number of carbonyl (C=O) groups is 6. The van der Waals surface area contributed by atoms with Crippen LogP contribution in [0, 0.1) is 0 Å². The highest BCUT2D eigenvalue weighted by Gasteiger charge is 2.29. The fourth-order valence-corrected chi connectivity index (χ4v) is 5.73. The number of amides is 7. The first-order valence-electron chi connectivity index (χ1n) is 18.6. The third-order valence-corrected chi connectivity index (χ3v) is 8.92. The van der Waals surface area contributed by atoms with Gasteiger partial charge in [-0.25, -0.2) is 14.8 Å². The molecule has 0 fully saturated rings. The van der Waals surface area contributed by atoms with Gasteiger partial charge in [0, 0.05) is 24.7 Å². The molecule has 4 atom stereocenters. The van der Waals surface area contributed by atoms with Crippen LogP contribution in [-0.2, 0) is 43.4 Å². The SMILES string of the molecule is C[C@H](NC(=O)CNC(=O)[C@@H](N)Cc1cnc[nH]1)C(=O)NN(Cc1ccc(-c2ccccc2)cc1)C(=O)N[C@H](Cc1ccccc1)C(=O)N[C@@H](CCCCN)C(N)=O. The van der Waals surface area contributed by atoms with E-state index in [1.54, 1.807) is 36.4 Å². The Morgan fingerprint density at radius 2 is 1.42 bits per heavy atom. The van der Waals surface area contributed by atoms with Crippen molar-refractivity contribution >= 4 is 35.6 Å². The van der Waals surface area contributed by atoms with Gasteiger partial charge in [-0.3, -0.25) is 29.4 Å². The number of rotatable bonds is 20. The monoisotopic (exact) mass is 781 g/mol. The van der Waals surface area contributed by atoms with Crippen molar-refractivity contribution in [1.82, 2.24) is 41.7 Å². The molecule has 4 rings (SSSR count). The summed E-state index contributed by atoms with van der Waals surface area (Å²) >= 11 is 0. The maximum atomic E-state index is 14.1. The predicted octanol–water partition coefficient (Wildman–Crippen LogP) is 0.521. The summed E-state index contributed by atoms with van der Waals surface area (Å²) in [5.74, 6) is -3.41. The van der Waals surface area contributed by atoms with Gasteiger partial charge in [0.25, 0.3) is 5.91 Å². The molecule has 57 heavy (non-hydrogen) atoms. The van der Waals surface area contributed by atoms with Crippen molar-refractivity contribution in [3.8, 4) is 11.1 Å². The first-order chi connectivity index (χ1) is 27.4. The Labute approximate surface area is 330 Å². The van der Waals surface area contributed by atoms with Crippen LogP contribution in [0.3, 0.4) is 0 Å². The van der Waals surface area contributed by atoms with Gasteiger partial charge < -0.3 is 43.5 Å². The number of hydrazine groups is 1. The molecule has 17 heteroatoms. The highest BCUT2D eigenvalue weighted by molar-refractivity contribution is 5.93. The van der Waals surface area contributed by atoms with Crippen LogP contribution >= 0.6 is 0 Å². The van der Waals surface area contributed by atoms with E-state index in [-0.39, 0.29) is 25.8 Å². The number of aromatic amines is 1. The second-order valence-corrected chi connectivity index (χ2v) is 13.5. The number of unbranched alkanes of at least 4 members (excludes halogenated alkanes) is 1. The summed E-state index contributed by atoms with van der Waals surface area (Å²) in [6.45, 7) is 1.22. The summed E-state index contributed by atoms with van der Waals surface area (Å²) in [6.07, 6.45) is 4.64. The third kappa shape index (κ3) is 14.2. The molecule has 0 bridgehead atoms. The quantitative estimate of drug-likeness (QED) is 0.0446. The fraction of sp³-hybridized carbons (Fsp3) is 0.325. The van der Waals surface area contributed by atoms with Crippen molar-refractivity contribution in [3.63, 3.8) is 0 Å². The van der Waals surface area contributed by atoms with Gasteiger partial charge in [-0.15, -0.1) is 0 Å². The fourth-order valence-electron chi connectivity index (χ4n) is 5.73. The zero-order chi connectivity index (χ0) is 41.2. The Morgan fingerprint density at radius 3 is 2.05 bits per heavy atom. The van der Waals surface area contributed by atoms with E-state index >= 15 is 0 Å². The molecule has 0 aliphatic rings. The molecule has 17 nitrogen and oxygen atoms in total. The van der Waals surface area contributed by atoms with Crippen LogP contribution in [0.2, 0.25) is 0 Å². The summed E-state index contributed by atoms with van der Waals surface area (Å²) < 4.78 is 0. The summed E-state index contributed by atoms with van der Waals surface area (Å²) in [5, 5.41) is 11.3. The van der Waals surface area contributed by atoms with Gasteiger partial charge in [0.2, 0.25) is 23.6 Å². The Bertz CT molecular complexity index is 1910. The summed E-state index contributed by atoms with van der Waals surface area (Å²) in [7, 11) is 0. The molecule has 3 aromatic carbocycles. The molecule has 1 aromatic heterocycles. The smallest absolute Gasteiger partial charge is 0.337 e. The van der Waals surface area contributed by atoms with Crippen molar-refractivity contribution in [2.75, 3.05) is 13.1 Å². The molecule has 0 aliphatic carbocycles. The molecular formula is C40H51N11O6. The van der Waals surface area contributed by atoms with E-state index in [0.29, 0.717) is 30.6 Å². The van der Waals surface area contributed by atoms with E-state index in [9.17, 15) is 28.8 Å². The minimum absolute atomic E-state index is 0.0456. The lowest BCUT2D eigenvalue weighted by Crippen LogP contribution is -2.60. The first kappa shape index (κ1) is 43.1. The van der Waals surface area contributed by atoms with E-state index in [0.717, 1.165) is 21.7 Å². The summed E-state index contributed by atoms with van der Waals surface area (Å²) in [5.41, 5.74) is 23.6. The molecule has 7 amide bonds. The number of imidazole rings is 1. The van der Waals surface area contributed by atoms with Crippen LogP contribution < -0.4 is 43.9 Å². The standard InChI is InChI=1S/C40H51N11O6/c1-26(47-35(52)23-45-38(55)32(42)21-31-22-44-25-46-31)37(54)50-51(24-28-15-17-30(18-16-28)29-12-6-3-7-13-29)40(57)49-34(20-27-10-4-2-5-11-27)39(56)48-33(36(43)53)14-8-9-19-41/h2-7,10-13,15-18,22,25-26,32-34H,8-9,14,19-21,23-24,41-42H2,1H3,(H2,43,53)(H,44,46)(H,45,55)(H,47,52)(H,48,56)(H,49,57)(H,50,54)/t26-,32-,33-,34+/m0/s1. The topological polar surface area (TPSA) is 273 Å². The van der Waals surface area contributed by atoms with Crippen LogP contribution in [0.25, 0.3) is 11.1 Å². The Kier molecular flexibility index (Phi) is 16.7. The van der Waals surface area contributed by atoms with Crippen molar-refractivity contribution in [2.24, 2.45) is 17.2 Å². The lowest BCUT2D eigenvalue weighted by atomic mass is 10.0. The Morgan fingerprint density at radius 1 is 0.754 bits per heavy atom. The largest absolute Gasteiger partial charge is 0.368 e. The van der Waals surface area contributed by atoms with Gasteiger partial charge >= 0.3 is 6.03 Å². The van der Waals surface area contributed by atoms with Crippen LogP contribution in [0.1, 0.15) is 43.0 Å². The van der Waals surface area contributed by atoms with Crippen LogP contribution in [-0.4, -0.2) is 87.8 Å². The number of aromatic nitrogens is 2. The number of H-pyrrole nitrogens is 1. The molecule has 302 valence electrons. The van der Waals surface area contributed by atoms with E-state index in [1.165, 1.54) is 19.4 Å². The molecule has 1 heterocycles. The molecule has 0 spiro atoms. The number of urea groups is 1. The minimum Gasteiger partial charge on any atom is -0.368 e. The highest BCUT2D eigenvalue weighted by atomic mass is 16.2. The average molecular weight is 782 g/mol. The van der Waals surface area contributed by atoms with Crippen molar-refractivity contribution in [3.05, 3.63) is 114 Å². The molecular weight excluding hydrogens is 731 g/mol. The second-order valence-electron chi connectivity index (χ2n) is 13.5. The van der Waals surface area contributed by atoms with Gasteiger partial charge in [0.1, 0.15) is 18.1 Å². The van der Waals surface area contributed by atoms with Crippen molar-refractivity contribution in [2.45, 2.75) is 69.7 Å². The van der Waals surface area contributed by atoms with E-state index in [4.69, 9.17) is 17.2 Å². The number of hydrogen-bond acceptors (Lipinski definition) is 9. The van der Waals surface area contributed by atoms with E-state index in [1.807, 2.05) is 48.5 Å². The number of primary amides is 1. The zero-order valence-corrected chi connectivity index (χ0v) is 31.8. The van der Waals surface area contributed by atoms with Gasteiger partial charge in [0.15, 0.2) is 0 Å². The zero-order valence-electron chi connectivity index (χ0n) is 31.8. The average Bonchev–Trinajstić information content (AvgIpc) is 3.73. The van der Waals surface area contributed by atoms with Gasteiger partial charge in [-0.1, -0.05) is 84.9 Å². The van der Waals surface area contributed by atoms with Crippen molar-refractivity contribution in [1.29, 1.82) is 0 Å². The maximum absolute atomic E-state index is 14.1.